The van der Waals surface area contributed by atoms with E-state index in [0.29, 0.717) is 29.1 Å². The number of pyridine rings is 1. The van der Waals surface area contributed by atoms with Gasteiger partial charge in [-0.05, 0) is 42.2 Å². The van der Waals surface area contributed by atoms with Gasteiger partial charge in [0, 0.05) is 23.8 Å². The Morgan fingerprint density at radius 2 is 1.92 bits per heavy atom. The van der Waals surface area contributed by atoms with Gasteiger partial charge in [0.2, 0.25) is 0 Å². The van der Waals surface area contributed by atoms with Crippen molar-refractivity contribution in [2.75, 3.05) is 0 Å². The van der Waals surface area contributed by atoms with Crippen LogP contribution in [-0.4, -0.2) is 21.1 Å². The van der Waals surface area contributed by atoms with E-state index in [4.69, 9.17) is 17.3 Å². The number of primary amides is 1. The van der Waals surface area contributed by atoms with Crippen LogP contribution in [0, 0.1) is 0 Å². The van der Waals surface area contributed by atoms with Gasteiger partial charge in [-0.15, -0.1) is 0 Å². The van der Waals surface area contributed by atoms with Gasteiger partial charge in [-0.25, -0.2) is 0 Å². The van der Waals surface area contributed by atoms with Gasteiger partial charge in [0.05, 0.1) is 17.0 Å². The lowest BCUT2D eigenvalue weighted by molar-refractivity contribution is 0.0998. The van der Waals surface area contributed by atoms with Gasteiger partial charge in [-0.1, -0.05) is 29.8 Å². The minimum absolute atomic E-state index is 0.464. The monoisotopic (exact) mass is 340 g/mol. The second-order valence-corrected chi connectivity index (χ2v) is 5.99. The number of nitrogens with one attached hydrogen (secondary N) is 1. The first-order valence-corrected chi connectivity index (χ1v) is 8.00. The van der Waals surface area contributed by atoms with Crippen molar-refractivity contribution >= 4 is 17.5 Å². The van der Waals surface area contributed by atoms with Crippen molar-refractivity contribution in [2.24, 2.45) is 5.73 Å². The standard InChI is InChI=1S/C18H17ClN4O/c19-14-6-3-12(4-7-14)5-8-15-17(18(20)24)16(23-22-15)10-13-2-1-9-21-11-13/h1-4,6-7,9,11H,5,8,10H2,(H2,20,24)(H,22,23). The third kappa shape index (κ3) is 3.81. The lowest BCUT2D eigenvalue weighted by atomic mass is 10.0. The van der Waals surface area contributed by atoms with Crippen molar-refractivity contribution in [1.82, 2.24) is 15.2 Å². The zero-order valence-electron chi connectivity index (χ0n) is 13.0. The smallest absolute Gasteiger partial charge is 0.252 e. The molecule has 6 heteroatoms. The van der Waals surface area contributed by atoms with Crippen LogP contribution in [0.1, 0.15) is 32.9 Å². The minimum Gasteiger partial charge on any atom is -0.365 e. The number of aromatic amines is 1. The second kappa shape index (κ2) is 7.27. The summed E-state index contributed by atoms with van der Waals surface area (Å²) in [5.41, 5.74) is 9.59. The summed E-state index contributed by atoms with van der Waals surface area (Å²) in [6, 6.07) is 11.4. The Balaban J connectivity index is 1.78. The summed E-state index contributed by atoms with van der Waals surface area (Å²) in [5.74, 6) is -0.464. The molecular formula is C18H17ClN4O. The predicted octanol–water partition coefficient (Wildman–Crippen LogP) is 2.93. The number of aryl methyl sites for hydroxylation is 2. The van der Waals surface area contributed by atoms with Gasteiger partial charge < -0.3 is 5.73 Å². The number of halogens is 1. The molecule has 1 amide bonds. The number of rotatable bonds is 6. The molecule has 3 N–H and O–H groups in total. The quantitative estimate of drug-likeness (QED) is 0.723. The summed E-state index contributed by atoms with van der Waals surface area (Å²) in [5, 5.41) is 7.95. The molecule has 0 saturated carbocycles. The number of aromatic nitrogens is 3. The topological polar surface area (TPSA) is 84.7 Å². The fourth-order valence-corrected chi connectivity index (χ4v) is 2.77. The van der Waals surface area contributed by atoms with Crippen LogP contribution in [0.2, 0.25) is 5.02 Å². The van der Waals surface area contributed by atoms with Gasteiger partial charge in [-0.2, -0.15) is 5.10 Å². The highest BCUT2D eigenvalue weighted by molar-refractivity contribution is 6.30. The van der Waals surface area contributed by atoms with Crippen LogP contribution in [0.25, 0.3) is 0 Å². The van der Waals surface area contributed by atoms with Crippen molar-refractivity contribution in [2.45, 2.75) is 19.3 Å². The normalized spacial score (nSPS) is 10.7. The Hall–Kier alpha value is -2.66. The van der Waals surface area contributed by atoms with E-state index in [2.05, 4.69) is 15.2 Å². The Morgan fingerprint density at radius 1 is 1.12 bits per heavy atom. The summed E-state index contributed by atoms with van der Waals surface area (Å²) < 4.78 is 0. The number of hydrogen-bond donors (Lipinski definition) is 2. The predicted molar refractivity (Wildman–Crippen MR) is 93.0 cm³/mol. The SMILES string of the molecule is NC(=O)c1c(CCc2ccc(Cl)cc2)n[nH]c1Cc1cccnc1. The van der Waals surface area contributed by atoms with E-state index >= 15 is 0 Å². The highest BCUT2D eigenvalue weighted by atomic mass is 35.5. The number of amides is 1. The molecule has 3 aromatic rings. The van der Waals surface area contributed by atoms with E-state index in [1.54, 1.807) is 12.4 Å². The Bertz CT molecular complexity index is 828. The minimum atomic E-state index is -0.464. The molecule has 0 fully saturated rings. The van der Waals surface area contributed by atoms with E-state index in [9.17, 15) is 4.79 Å². The summed E-state index contributed by atoms with van der Waals surface area (Å²) in [6.07, 6.45) is 5.40. The summed E-state index contributed by atoms with van der Waals surface area (Å²) in [6.45, 7) is 0. The first kappa shape index (κ1) is 16.2. The van der Waals surface area contributed by atoms with Gasteiger partial charge in [0.25, 0.3) is 5.91 Å². The Kier molecular flexibility index (Phi) is 4.91. The van der Waals surface area contributed by atoms with Crippen LogP contribution in [0.15, 0.2) is 48.8 Å². The Morgan fingerprint density at radius 3 is 2.58 bits per heavy atom. The van der Waals surface area contributed by atoms with E-state index in [-0.39, 0.29) is 0 Å². The molecule has 0 aliphatic rings. The lowest BCUT2D eigenvalue weighted by Gasteiger charge is -2.03. The van der Waals surface area contributed by atoms with Crippen LogP contribution in [-0.2, 0) is 19.3 Å². The zero-order chi connectivity index (χ0) is 16.9. The molecule has 2 heterocycles. The van der Waals surface area contributed by atoms with Crippen LogP contribution in [0.5, 0.6) is 0 Å². The number of nitrogens with two attached hydrogens (primary N) is 1. The van der Waals surface area contributed by atoms with Gasteiger partial charge in [0.1, 0.15) is 0 Å². The number of benzene rings is 1. The molecule has 1 aromatic carbocycles. The molecule has 0 atom stereocenters. The van der Waals surface area contributed by atoms with E-state index in [0.717, 1.165) is 23.2 Å². The van der Waals surface area contributed by atoms with Crippen LogP contribution >= 0.6 is 11.6 Å². The van der Waals surface area contributed by atoms with Crippen molar-refractivity contribution in [3.8, 4) is 0 Å². The van der Waals surface area contributed by atoms with Crippen molar-refractivity contribution in [1.29, 1.82) is 0 Å². The third-order valence-electron chi connectivity index (χ3n) is 3.83. The maximum atomic E-state index is 11.9. The lowest BCUT2D eigenvalue weighted by Crippen LogP contribution is -2.15. The molecule has 0 aliphatic heterocycles. The summed E-state index contributed by atoms with van der Waals surface area (Å²) in [4.78, 5) is 16.0. The first-order chi connectivity index (χ1) is 11.6. The van der Waals surface area contributed by atoms with Gasteiger partial charge in [0.15, 0.2) is 0 Å². The summed E-state index contributed by atoms with van der Waals surface area (Å²) >= 11 is 5.89. The number of carbonyl (C=O) groups is 1. The number of carbonyl (C=O) groups excluding carboxylic acids is 1. The highest BCUT2D eigenvalue weighted by Crippen LogP contribution is 2.18. The highest BCUT2D eigenvalue weighted by Gasteiger charge is 2.18. The zero-order valence-corrected chi connectivity index (χ0v) is 13.8. The molecule has 0 radical (unpaired) electrons. The molecule has 0 spiro atoms. The van der Waals surface area contributed by atoms with Crippen LogP contribution in [0.3, 0.4) is 0 Å². The molecule has 0 aliphatic carbocycles. The van der Waals surface area contributed by atoms with Crippen LogP contribution in [0.4, 0.5) is 0 Å². The fourth-order valence-electron chi connectivity index (χ4n) is 2.64. The number of nitrogens with zero attached hydrogens (tertiary/aromatic N) is 2. The number of hydrogen-bond acceptors (Lipinski definition) is 3. The van der Waals surface area contributed by atoms with E-state index in [1.165, 1.54) is 0 Å². The third-order valence-corrected chi connectivity index (χ3v) is 4.08. The first-order valence-electron chi connectivity index (χ1n) is 7.62. The molecular weight excluding hydrogens is 324 g/mol. The molecule has 0 bridgehead atoms. The molecule has 0 unspecified atom stereocenters. The average molecular weight is 341 g/mol. The van der Waals surface area contributed by atoms with Crippen molar-refractivity contribution in [3.63, 3.8) is 0 Å². The molecule has 0 saturated heterocycles. The largest absolute Gasteiger partial charge is 0.365 e. The fraction of sp³-hybridized carbons (Fsp3) is 0.167. The molecule has 2 aromatic heterocycles. The average Bonchev–Trinajstić information content (AvgIpc) is 2.98. The number of H-pyrrole nitrogens is 1. The van der Waals surface area contributed by atoms with Gasteiger partial charge >= 0.3 is 0 Å². The van der Waals surface area contributed by atoms with Crippen molar-refractivity contribution in [3.05, 3.63) is 81.9 Å². The molecule has 24 heavy (non-hydrogen) atoms. The molecule has 122 valence electrons. The molecule has 5 nitrogen and oxygen atoms in total. The maximum Gasteiger partial charge on any atom is 0.252 e. The Labute approximate surface area is 144 Å². The second-order valence-electron chi connectivity index (χ2n) is 5.55. The summed E-state index contributed by atoms with van der Waals surface area (Å²) in [7, 11) is 0. The van der Waals surface area contributed by atoms with Crippen molar-refractivity contribution < 1.29 is 4.79 Å². The maximum absolute atomic E-state index is 11.9. The van der Waals surface area contributed by atoms with Gasteiger partial charge in [-0.3, -0.25) is 14.9 Å². The van der Waals surface area contributed by atoms with Crippen LogP contribution < -0.4 is 5.73 Å². The van der Waals surface area contributed by atoms with E-state index < -0.39 is 5.91 Å². The van der Waals surface area contributed by atoms with E-state index in [1.807, 2.05) is 36.4 Å². The molecule has 3 rings (SSSR count).